The van der Waals surface area contributed by atoms with Crippen LogP contribution >= 0.6 is 0 Å². The summed E-state index contributed by atoms with van der Waals surface area (Å²) < 4.78 is 4.66. The monoisotopic (exact) mass is 205 g/mol. The maximum atomic E-state index is 10.8. The van der Waals surface area contributed by atoms with E-state index in [4.69, 9.17) is 10.8 Å². The van der Waals surface area contributed by atoms with Gasteiger partial charge in [-0.15, -0.1) is 0 Å². The molecule has 0 saturated carbocycles. The first-order valence-electron chi connectivity index (χ1n) is 4.03. The molecule has 0 radical (unpaired) electrons. The second-order valence-electron chi connectivity index (χ2n) is 2.65. The van der Waals surface area contributed by atoms with Crippen LogP contribution in [-0.4, -0.2) is 50.0 Å². The van der Waals surface area contributed by atoms with Crippen molar-refractivity contribution in [1.82, 2.24) is 10.6 Å². The first kappa shape index (κ1) is 12.8. The quantitative estimate of drug-likeness (QED) is 0.392. The Balaban J connectivity index is 3.44. The molecule has 0 aromatic heterocycles. The van der Waals surface area contributed by atoms with E-state index < -0.39 is 18.0 Å². The van der Waals surface area contributed by atoms with Crippen molar-refractivity contribution >= 4 is 11.9 Å². The Morgan fingerprint density at radius 3 is 2.71 bits per heavy atom. The highest BCUT2D eigenvalue weighted by Gasteiger charge is 2.06. The van der Waals surface area contributed by atoms with Crippen molar-refractivity contribution in [3.8, 4) is 0 Å². The molecule has 7 heteroatoms. The van der Waals surface area contributed by atoms with Gasteiger partial charge in [0.2, 0.25) is 5.91 Å². The van der Waals surface area contributed by atoms with Gasteiger partial charge in [-0.2, -0.15) is 0 Å². The molecule has 3 amide bonds. The molecular formula is C7H15N3O4. The zero-order chi connectivity index (χ0) is 11.0. The van der Waals surface area contributed by atoms with Crippen LogP contribution in [0.5, 0.6) is 0 Å². The molecule has 0 saturated heterocycles. The predicted molar refractivity (Wildman–Crippen MR) is 48.5 cm³/mol. The fourth-order valence-electron chi connectivity index (χ4n) is 0.785. The second kappa shape index (κ2) is 7.25. The van der Waals surface area contributed by atoms with Gasteiger partial charge in [0.05, 0.1) is 19.3 Å². The summed E-state index contributed by atoms with van der Waals surface area (Å²) in [6, 6.07) is -0.894. The molecule has 5 N–H and O–H groups in total. The number of nitrogens with two attached hydrogens (primary N) is 1. The number of hydrogen-bond acceptors (Lipinski definition) is 5. The highest BCUT2D eigenvalue weighted by Crippen LogP contribution is 1.80. The molecule has 0 rings (SSSR count). The van der Waals surface area contributed by atoms with Crippen LogP contribution in [0, 0.1) is 0 Å². The molecule has 1 atom stereocenters. The number of nitrogens with one attached hydrogen (secondary N) is 2. The number of methoxy groups -OCH3 is 1. The lowest BCUT2D eigenvalue weighted by atomic mass is 10.4. The normalized spacial score (nSPS) is 12.1. The summed E-state index contributed by atoms with van der Waals surface area (Å²) in [5.41, 5.74) is 4.70. The molecule has 1 unspecified atom stereocenters. The van der Waals surface area contributed by atoms with E-state index in [2.05, 4.69) is 10.1 Å². The molecule has 7 nitrogen and oxygen atoms in total. The van der Waals surface area contributed by atoms with Crippen molar-refractivity contribution in [2.45, 2.75) is 6.10 Å². The van der Waals surface area contributed by atoms with Crippen LogP contribution in [0.25, 0.3) is 0 Å². The fourth-order valence-corrected chi connectivity index (χ4v) is 0.785. The number of aliphatic hydroxyl groups excluding tert-OH is 1. The lowest BCUT2D eigenvalue weighted by Gasteiger charge is -2.09. The molecule has 0 fully saturated rings. The van der Waals surface area contributed by atoms with E-state index in [1.165, 1.54) is 7.11 Å². The fraction of sp³-hybridized carbons (Fsp3) is 0.714. The Morgan fingerprint density at radius 1 is 1.57 bits per heavy atom. The number of carbonyl (C=O) groups excluding carboxylic acids is 2. The first-order chi connectivity index (χ1) is 6.56. The molecule has 0 aliphatic heterocycles. The molecule has 0 aromatic carbocycles. The van der Waals surface area contributed by atoms with Crippen LogP contribution in [0.1, 0.15) is 0 Å². The van der Waals surface area contributed by atoms with Gasteiger partial charge < -0.3 is 20.9 Å². The third kappa shape index (κ3) is 7.47. The predicted octanol–water partition coefficient (Wildman–Crippen LogP) is -2.22. The standard InChI is InChI=1S/C7H15N3O4/c1-14-4-5(11)2-9-3-6(12)10-7(8)13/h5,9,11H,2-4H2,1H3,(H3,8,10,12,13). The average molecular weight is 205 g/mol. The van der Waals surface area contributed by atoms with Gasteiger partial charge in [0.15, 0.2) is 0 Å². The highest BCUT2D eigenvalue weighted by molar-refractivity contribution is 5.94. The van der Waals surface area contributed by atoms with Gasteiger partial charge in [-0.3, -0.25) is 10.1 Å². The van der Waals surface area contributed by atoms with Crippen molar-refractivity contribution in [2.75, 3.05) is 26.8 Å². The number of amides is 3. The molecule has 0 aliphatic carbocycles. The summed E-state index contributed by atoms with van der Waals surface area (Å²) in [5.74, 6) is -0.540. The Labute approximate surface area is 81.6 Å². The highest BCUT2D eigenvalue weighted by atomic mass is 16.5. The van der Waals surface area contributed by atoms with Gasteiger partial charge in [-0.1, -0.05) is 0 Å². The maximum absolute atomic E-state index is 10.8. The lowest BCUT2D eigenvalue weighted by molar-refractivity contribution is -0.119. The number of imide groups is 1. The Hall–Kier alpha value is -1.18. The zero-order valence-corrected chi connectivity index (χ0v) is 7.95. The summed E-state index contributed by atoms with van der Waals surface area (Å²) >= 11 is 0. The molecule has 82 valence electrons. The van der Waals surface area contributed by atoms with Crippen LogP contribution in [0.2, 0.25) is 0 Å². The van der Waals surface area contributed by atoms with E-state index in [1.807, 2.05) is 5.32 Å². The van der Waals surface area contributed by atoms with Crippen molar-refractivity contribution < 1.29 is 19.4 Å². The van der Waals surface area contributed by atoms with E-state index >= 15 is 0 Å². The van der Waals surface area contributed by atoms with Crippen molar-refractivity contribution in [2.24, 2.45) is 5.73 Å². The molecular weight excluding hydrogens is 190 g/mol. The van der Waals surface area contributed by atoms with Crippen LogP contribution in [0.15, 0.2) is 0 Å². The van der Waals surface area contributed by atoms with E-state index in [1.54, 1.807) is 0 Å². The summed E-state index contributed by atoms with van der Waals surface area (Å²) in [7, 11) is 1.46. The van der Waals surface area contributed by atoms with Crippen LogP contribution < -0.4 is 16.4 Å². The minimum Gasteiger partial charge on any atom is -0.389 e. The minimum absolute atomic E-state index is 0.0796. The van der Waals surface area contributed by atoms with Crippen molar-refractivity contribution in [3.63, 3.8) is 0 Å². The zero-order valence-electron chi connectivity index (χ0n) is 7.95. The Morgan fingerprint density at radius 2 is 2.21 bits per heavy atom. The summed E-state index contributed by atoms with van der Waals surface area (Å²) in [5, 5.41) is 13.6. The van der Waals surface area contributed by atoms with Crippen LogP contribution in [0.4, 0.5) is 4.79 Å². The molecule has 14 heavy (non-hydrogen) atoms. The van der Waals surface area contributed by atoms with Gasteiger partial charge >= 0.3 is 6.03 Å². The number of primary amides is 1. The smallest absolute Gasteiger partial charge is 0.318 e. The average Bonchev–Trinajstić information content (AvgIpc) is 2.02. The van der Waals surface area contributed by atoms with Gasteiger partial charge in [0.25, 0.3) is 0 Å². The van der Waals surface area contributed by atoms with Gasteiger partial charge in [0.1, 0.15) is 0 Å². The minimum atomic E-state index is -0.894. The van der Waals surface area contributed by atoms with E-state index in [-0.39, 0.29) is 19.7 Å². The number of ether oxygens (including phenoxy) is 1. The van der Waals surface area contributed by atoms with Gasteiger partial charge in [0, 0.05) is 13.7 Å². The topological polar surface area (TPSA) is 114 Å². The summed E-state index contributed by atoms with van der Waals surface area (Å²) in [6.07, 6.45) is -0.679. The molecule has 0 bridgehead atoms. The summed E-state index contributed by atoms with van der Waals surface area (Å²) in [4.78, 5) is 21.0. The van der Waals surface area contributed by atoms with Crippen molar-refractivity contribution in [3.05, 3.63) is 0 Å². The number of hydrogen-bond donors (Lipinski definition) is 4. The second-order valence-corrected chi connectivity index (χ2v) is 2.65. The van der Waals surface area contributed by atoms with Gasteiger partial charge in [-0.25, -0.2) is 4.79 Å². The SMILES string of the molecule is COCC(O)CNCC(=O)NC(N)=O. The van der Waals surface area contributed by atoms with E-state index in [0.29, 0.717) is 0 Å². The summed E-state index contributed by atoms with van der Waals surface area (Å²) in [6.45, 7) is 0.314. The molecule has 0 aromatic rings. The van der Waals surface area contributed by atoms with Crippen LogP contribution in [-0.2, 0) is 9.53 Å². The first-order valence-corrected chi connectivity index (χ1v) is 4.03. The molecule has 0 aliphatic rings. The van der Waals surface area contributed by atoms with Crippen LogP contribution in [0.3, 0.4) is 0 Å². The number of carbonyl (C=O) groups is 2. The molecule has 0 heterocycles. The maximum Gasteiger partial charge on any atom is 0.318 e. The van der Waals surface area contributed by atoms with E-state index in [0.717, 1.165) is 0 Å². The largest absolute Gasteiger partial charge is 0.389 e. The van der Waals surface area contributed by atoms with Gasteiger partial charge in [-0.05, 0) is 0 Å². The molecule has 0 spiro atoms. The third-order valence-electron chi connectivity index (χ3n) is 1.29. The third-order valence-corrected chi connectivity index (χ3v) is 1.29. The van der Waals surface area contributed by atoms with Crippen molar-refractivity contribution in [1.29, 1.82) is 0 Å². The number of aliphatic hydroxyl groups is 1. The lowest BCUT2D eigenvalue weighted by Crippen LogP contribution is -2.42. The number of rotatable bonds is 6. The Bertz CT molecular complexity index is 197. The number of urea groups is 1. The van der Waals surface area contributed by atoms with E-state index in [9.17, 15) is 9.59 Å². The Kier molecular flexibility index (Phi) is 6.63.